The van der Waals surface area contributed by atoms with Gasteiger partial charge in [-0.25, -0.2) is 0 Å². The van der Waals surface area contributed by atoms with Crippen LogP contribution in [-0.4, -0.2) is 37.2 Å². The number of allylic oxidation sites excluding steroid dienone is 14. The Hall–Kier alpha value is -3.41. The van der Waals surface area contributed by atoms with Gasteiger partial charge in [0.2, 0.25) is 0 Å². The van der Waals surface area contributed by atoms with Crippen molar-refractivity contribution in [3.8, 4) is 0 Å². The van der Waals surface area contributed by atoms with Crippen LogP contribution >= 0.6 is 0 Å². The number of unbranched alkanes of at least 4 members (excludes halogenated alkanes) is 16. The average molecular weight is 807 g/mol. The summed E-state index contributed by atoms with van der Waals surface area (Å²) in [6.07, 6.45) is 58.7. The van der Waals surface area contributed by atoms with Gasteiger partial charge >= 0.3 is 17.9 Å². The first kappa shape index (κ1) is 54.6. The molecule has 0 aliphatic heterocycles. The fourth-order valence-corrected chi connectivity index (χ4v) is 6.06. The van der Waals surface area contributed by atoms with E-state index in [1.165, 1.54) is 70.6 Å². The molecule has 0 aromatic heterocycles. The van der Waals surface area contributed by atoms with Crippen LogP contribution in [0.2, 0.25) is 0 Å². The highest BCUT2D eigenvalue weighted by Gasteiger charge is 2.19. The van der Waals surface area contributed by atoms with E-state index in [1.54, 1.807) is 0 Å². The van der Waals surface area contributed by atoms with Gasteiger partial charge in [0.15, 0.2) is 6.10 Å². The molecule has 0 aromatic carbocycles. The van der Waals surface area contributed by atoms with Crippen molar-refractivity contribution in [3.05, 3.63) is 85.1 Å². The number of carbonyl (C=O) groups excluding carboxylic acids is 3. The van der Waals surface area contributed by atoms with Crippen LogP contribution in [0.1, 0.15) is 207 Å². The smallest absolute Gasteiger partial charge is 0.306 e. The minimum Gasteiger partial charge on any atom is -0.462 e. The second-order valence-electron chi connectivity index (χ2n) is 15.3. The van der Waals surface area contributed by atoms with Crippen molar-refractivity contribution in [2.75, 3.05) is 13.2 Å². The van der Waals surface area contributed by atoms with E-state index in [-0.39, 0.29) is 44.0 Å². The number of ether oxygens (including phenoxy) is 3. The first-order valence-corrected chi connectivity index (χ1v) is 23.6. The average Bonchev–Trinajstić information content (AvgIpc) is 3.22. The molecule has 1 atom stereocenters. The molecule has 1 unspecified atom stereocenters. The molecular weight excluding hydrogens is 721 g/mol. The lowest BCUT2D eigenvalue weighted by Crippen LogP contribution is -2.30. The van der Waals surface area contributed by atoms with Crippen molar-refractivity contribution >= 4 is 17.9 Å². The van der Waals surface area contributed by atoms with Gasteiger partial charge in [0.1, 0.15) is 13.2 Å². The fourth-order valence-electron chi connectivity index (χ4n) is 6.06. The van der Waals surface area contributed by atoms with Gasteiger partial charge in [0.05, 0.1) is 0 Å². The number of carbonyl (C=O) groups is 3. The Morgan fingerprint density at radius 1 is 0.362 bits per heavy atom. The van der Waals surface area contributed by atoms with E-state index in [9.17, 15) is 14.4 Å². The summed E-state index contributed by atoms with van der Waals surface area (Å²) < 4.78 is 16.6. The topological polar surface area (TPSA) is 78.9 Å². The van der Waals surface area contributed by atoms with E-state index in [0.717, 1.165) is 83.5 Å². The maximum Gasteiger partial charge on any atom is 0.306 e. The molecular formula is C52H86O6. The maximum atomic E-state index is 12.7. The number of hydrogen-bond donors (Lipinski definition) is 0. The molecule has 0 aliphatic rings. The molecule has 0 aliphatic carbocycles. The van der Waals surface area contributed by atoms with Crippen LogP contribution in [0, 0.1) is 0 Å². The molecule has 0 saturated heterocycles. The van der Waals surface area contributed by atoms with Crippen LogP contribution < -0.4 is 0 Å². The molecule has 0 spiro atoms. The quantitative estimate of drug-likeness (QED) is 0.0265. The van der Waals surface area contributed by atoms with Gasteiger partial charge in [0, 0.05) is 19.3 Å². The number of hydrogen-bond acceptors (Lipinski definition) is 6. The predicted octanol–water partition coefficient (Wildman–Crippen LogP) is 15.3. The molecule has 0 radical (unpaired) electrons. The first-order chi connectivity index (χ1) is 28.5. The van der Waals surface area contributed by atoms with Gasteiger partial charge in [0.25, 0.3) is 0 Å². The Kier molecular flexibility index (Phi) is 43.6. The van der Waals surface area contributed by atoms with Crippen LogP contribution in [-0.2, 0) is 28.6 Å². The highest BCUT2D eigenvalue weighted by atomic mass is 16.6. The largest absolute Gasteiger partial charge is 0.462 e. The predicted molar refractivity (Wildman–Crippen MR) is 247 cm³/mol. The molecule has 0 bridgehead atoms. The minimum atomic E-state index is -0.817. The summed E-state index contributed by atoms with van der Waals surface area (Å²) in [6, 6.07) is 0. The molecule has 0 rings (SSSR count). The van der Waals surface area contributed by atoms with Crippen LogP contribution in [0.15, 0.2) is 85.1 Å². The molecule has 0 saturated carbocycles. The lowest BCUT2D eigenvalue weighted by molar-refractivity contribution is -0.167. The number of esters is 3. The van der Waals surface area contributed by atoms with E-state index in [4.69, 9.17) is 14.2 Å². The zero-order valence-electron chi connectivity index (χ0n) is 37.5. The third kappa shape index (κ3) is 43.7. The van der Waals surface area contributed by atoms with Crippen LogP contribution in [0.25, 0.3) is 0 Å². The lowest BCUT2D eigenvalue weighted by Gasteiger charge is -2.18. The Labute approximate surface area is 356 Å². The van der Waals surface area contributed by atoms with Crippen molar-refractivity contribution in [3.63, 3.8) is 0 Å². The summed E-state index contributed by atoms with van der Waals surface area (Å²) in [5, 5.41) is 0. The zero-order valence-corrected chi connectivity index (χ0v) is 37.5. The maximum absolute atomic E-state index is 12.7. The molecule has 6 nitrogen and oxygen atoms in total. The Bertz CT molecular complexity index is 1160. The first-order valence-electron chi connectivity index (χ1n) is 23.6. The molecule has 0 amide bonds. The van der Waals surface area contributed by atoms with E-state index < -0.39 is 6.10 Å². The summed E-state index contributed by atoms with van der Waals surface area (Å²) in [5.74, 6) is -1.03. The SMILES string of the molecule is CC/C=C\C/C=C\C/C=C\CCCCCCC(=O)OC(COC(=O)CCC/C=C\C/C=C\C/C=C\CCCCCCCC)COC(=O)CCC/C=C\CCCCCC. The molecule has 58 heavy (non-hydrogen) atoms. The third-order valence-electron chi connectivity index (χ3n) is 9.60. The van der Waals surface area contributed by atoms with Gasteiger partial charge in [-0.05, 0) is 103 Å². The second kappa shape index (κ2) is 46.3. The monoisotopic (exact) mass is 807 g/mol. The fraction of sp³-hybridized carbons (Fsp3) is 0.673. The van der Waals surface area contributed by atoms with E-state index in [2.05, 4.69) is 106 Å². The molecule has 0 N–H and O–H groups in total. The van der Waals surface area contributed by atoms with E-state index in [0.29, 0.717) is 19.3 Å². The van der Waals surface area contributed by atoms with Gasteiger partial charge < -0.3 is 14.2 Å². The Morgan fingerprint density at radius 2 is 0.690 bits per heavy atom. The van der Waals surface area contributed by atoms with E-state index in [1.807, 2.05) is 0 Å². The van der Waals surface area contributed by atoms with Crippen molar-refractivity contribution in [1.29, 1.82) is 0 Å². The van der Waals surface area contributed by atoms with Crippen molar-refractivity contribution in [1.82, 2.24) is 0 Å². The van der Waals surface area contributed by atoms with Crippen molar-refractivity contribution < 1.29 is 28.6 Å². The summed E-state index contributed by atoms with van der Waals surface area (Å²) in [7, 11) is 0. The van der Waals surface area contributed by atoms with Crippen LogP contribution in [0.3, 0.4) is 0 Å². The normalized spacial score (nSPS) is 12.8. The number of rotatable bonds is 41. The zero-order chi connectivity index (χ0) is 42.3. The highest BCUT2D eigenvalue weighted by molar-refractivity contribution is 5.71. The van der Waals surface area contributed by atoms with Crippen LogP contribution in [0.5, 0.6) is 0 Å². The summed E-state index contributed by atoms with van der Waals surface area (Å²) in [5.41, 5.74) is 0. The molecule has 0 heterocycles. The van der Waals surface area contributed by atoms with Crippen molar-refractivity contribution in [2.45, 2.75) is 213 Å². The molecule has 330 valence electrons. The Balaban J connectivity index is 4.50. The van der Waals surface area contributed by atoms with Gasteiger partial charge in [-0.1, -0.05) is 170 Å². The summed E-state index contributed by atoms with van der Waals surface area (Å²) >= 11 is 0. The van der Waals surface area contributed by atoms with Gasteiger partial charge in [-0.2, -0.15) is 0 Å². The van der Waals surface area contributed by atoms with Crippen molar-refractivity contribution in [2.24, 2.45) is 0 Å². The third-order valence-corrected chi connectivity index (χ3v) is 9.60. The summed E-state index contributed by atoms with van der Waals surface area (Å²) in [4.78, 5) is 37.7. The van der Waals surface area contributed by atoms with Gasteiger partial charge in [-0.15, -0.1) is 0 Å². The van der Waals surface area contributed by atoms with Gasteiger partial charge in [-0.3, -0.25) is 14.4 Å². The molecule has 0 aromatic rings. The van der Waals surface area contributed by atoms with Crippen LogP contribution in [0.4, 0.5) is 0 Å². The minimum absolute atomic E-state index is 0.118. The molecule has 6 heteroatoms. The standard InChI is InChI=1S/C52H86O6/c1-4-7-10-13-16-19-21-23-25-26-27-29-30-33-36-39-42-45-51(54)57-48-49(47-56-50(53)44-41-38-35-32-18-15-12-9-6-3)58-52(55)46-43-40-37-34-31-28-24-22-20-17-14-11-8-5-2/h8,11,17,20,23-25,27-29,32-33,35-36,49H,4-7,9-10,12-16,18-19,21-22,26,30-31,34,37-48H2,1-3H3/b11-8-,20-17-,25-23-,28-24-,29-27-,35-32-,36-33-. The Morgan fingerprint density at radius 3 is 1.14 bits per heavy atom. The van der Waals surface area contributed by atoms with E-state index >= 15 is 0 Å². The second-order valence-corrected chi connectivity index (χ2v) is 15.3. The lowest BCUT2D eigenvalue weighted by atomic mass is 10.1. The summed E-state index contributed by atoms with van der Waals surface area (Å²) in [6.45, 7) is 6.37. The molecule has 0 fully saturated rings. The highest BCUT2D eigenvalue weighted by Crippen LogP contribution is 2.11.